The lowest BCUT2D eigenvalue weighted by molar-refractivity contribution is 0.103. The summed E-state index contributed by atoms with van der Waals surface area (Å²) < 4.78 is 15.3. The van der Waals surface area contributed by atoms with E-state index in [4.69, 9.17) is 0 Å². The summed E-state index contributed by atoms with van der Waals surface area (Å²) in [6, 6.07) is 8.84. The van der Waals surface area contributed by atoms with Gasteiger partial charge in [-0.3, -0.25) is 14.2 Å². The summed E-state index contributed by atoms with van der Waals surface area (Å²) >= 11 is 3.30. The number of halogens is 2. The molecule has 4 nitrogen and oxygen atoms in total. The van der Waals surface area contributed by atoms with Crippen molar-refractivity contribution in [2.45, 2.75) is 0 Å². The van der Waals surface area contributed by atoms with Gasteiger partial charge in [0.1, 0.15) is 5.82 Å². The van der Waals surface area contributed by atoms with Gasteiger partial charge in [0.25, 0.3) is 5.56 Å². The van der Waals surface area contributed by atoms with E-state index in [0.29, 0.717) is 11.3 Å². The summed E-state index contributed by atoms with van der Waals surface area (Å²) in [4.78, 5) is 29.1. The van der Waals surface area contributed by atoms with Crippen LogP contribution in [0.4, 0.5) is 4.39 Å². The molecule has 0 saturated carbocycles. The second kappa shape index (κ2) is 4.08. The number of fused-ring (bicyclic) bond motifs is 4. The molecule has 0 atom stereocenters. The van der Waals surface area contributed by atoms with E-state index in [1.807, 2.05) is 0 Å². The number of carbonyl (C=O) groups excluding carboxylic acids is 1. The van der Waals surface area contributed by atoms with Crippen molar-refractivity contribution < 1.29 is 9.18 Å². The molecule has 1 aliphatic heterocycles. The lowest BCUT2D eigenvalue weighted by atomic mass is 10.1. The molecule has 102 valence electrons. The maximum atomic E-state index is 13.3. The molecule has 2 aromatic carbocycles. The second-order valence-corrected chi connectivity index (χ2v) is 5.64. The number of hydrogen-bond donors (Lipinski definition) is 0. The van der Waals surface area contributed by atoms with E-state index in [-0.39, 0.29) is 28.1 Å². The van der Waals surface area contributed by atoms with Crippen molar-refractivity contribution in [3.63, 3.8) is 0 Å². The fourth-order valence-electron chi connectivity index (χ4n) is 2.54. The highest BCUT2D eigenvalue weighted by Crippen LogP contribution is 2.28. The molecule has 1 aliphatic rings. The van der Waals surface area contributed by atoms with Gasteiger partial charge in [-0.05, 0) is 30.3 Å². The van der Waals surface area contributed by atoms with Crippen LogP contribution in [-0.4, -0.2) is 15.3 Å². The lowest BCUT2D eigenvalue weighted by Gasteiger charge is -2.05. The number of hydrogen-bond acceptors (Lipinski definition) is 3. The first-order valence-electron chi connectivity index (χ1n) is 6.13. The van der Waals surface area contributed by atoms with Gasteiger partial charge in [0, 0.05) is 10.5 Å². The van der Waals surface area contributed by atoms with E-state index < -0.39 is 5.82 Å². The van der Waals surface area contributed by atoms with Gasteiger partial charge in [-0.1, -0.05) is 15.9 Å². The van der Waals surface area contributed by atoms with Crippen LogP contribution in [0.5, 0.6) is 0 Å². The van der Waals surface area contributed by atoms with Crippen LogP contribution in [0.2, 0.25) is 0 Å². The summed E-state index contributed by atoms with van der Waals surface area (Å²) in [5, 5.41) is 0.281. The minimum Gasteiger partial charge on any atom is -0.285 e. The summed E-state index contributed by atoms with van der Waals surface area (Å²) in [5.74, 6) is -0.814. The molecule has 21 heavy (non-hydrogen) atoms. The molecule has 3 aromatic rings. The Bertz CT molecular complexity index is 1010. The normalized spacial score (nSPS) is 12.6. The van der Waals surface area contributed by atoms with Crippen molar-refractivity contribution in [2.75, 3.05) is 0 Å². The largest absolute Gasteiger partial charge is 0.285 e. The first-order chi connectivity index (χ1) is 10.1. The van der Waals surface area contributed by atoms with Gasteiger partial charge in [-0.2, -0.15) is 0 Å². The minimum atomic E-state index is -0.495. The van der Waals surface area contributed by atoms with Gasteiger partial charge in [0.05, 0.1) is 22.2 Å². The van der Waals surface area contributed by atoms with E-state index in [1.165, 1.54) is 16.7 Å². The number of carbonyl (C=O) groups is 1. The monoisotopic (exact) mass is 344 g/mol. The zero-order valence-corrected chi connectivity index (χ0v) is 12.0. The van der Waals surface area contributed by atoms with Crippen molar-refractivity contribution in [1.29, 1.82) is 0 Å². The molecule has 4 rings (SSSR count). The zero-order valence-electron chi connectivity index (χ0n) is 10.4. The standard InChI is InChI=1S/C15H6BrFN2O2/c16-7-1-4-12-10(5-7)13(20)14-18-11-6-8(17)2-3-9(11)15(21)19(12)14/h1-6H. The fraction of sp³-hybridized carbons (Fsp3) is 0. The molecule has 0 saturated heterocycles. The molecule has 0 spiro atoms. The van der Waals surface area contributed by atoms with Gasteiger partial charge in [0.15, 0.2) is 5.82 Å². The highest BCUT2D eigenvalue weighted by Gasteiger charge is 2.30. The Labute approximate surface area is 126 Å². The maximum Gasteiger partial charge on any atom is 0.266 e. The number of rotatable bonds is 0. The van der Waals surface area contributed by atoms with Crippen LogP contribution < -0.4 is 5.56 Å². The maximum absolute atomic E-state index is 13.3. The third-order valence-electron chi connectivity index (χ3n) is 3.48. The van der Waals surface area contributed by atoms with Crippen LogP contribution >= 0.6 is 15.9 Å². The molecule has 0 amide bonds. The summed E-state index contributed by atoms with van der Waals surface area (Å²) in [6.07, 6.45) is 0. The predicted octanol–water partition coefficient (Wildman–Crippen LogP) is 2.83. The van der Waals surface area contributed by atoms with Crippen LogP contribution in [0.3, 0.4) is 0 Å². The predicted molar refractivity (Wildman–Crippen MR) is 78.4 cm³/mol. The fourth-order valence-corrected chi connectivity index (χ4v) is 2.90. The second-order valence-electron chi connectivity index (χ2n) is 4.73. The quantitative estimate of drug-likeness (QED) is 0.493. The Morgan fingerprint density at radius 2 is 1.90 bits per heavy atom. The first-order valence-corrected chi connectivity index (χ1v) is 6.92. The van der Waals surface area contributed by atoms with Crippen LogP contribution in [0, 0.1) is 5.82 Å². The smallest absolute Gasteiger partial charge is 0.266 e. The molecule has 0 radical (unpaired) electrons. The average Bonchev–Trinajstić information content (AvgIpc) is 2.72. The molecule has 6 heteroatoms. The van der Waals surface area contributed by atoms with Gasteiger partial charge >= 0.3 is 0 Å². The Morgan fingerprint density at radius 1 is 1.10 bits per heavy atom. The average molecular weight is 345 g/mol. The van der Waals surface area contributed by atoms with Gasteiger partial charge < -0.3 is 0 Å². The Morgan fingerprint density at radius 3 is 2.71 bits per heavy atom. The van der Waals surface area contributed by atoms with Crippen LogP contribution in [0.25, 0.3) is 16.6 Å². The highest BCUT2D eigenvalue weighted by molar-refractivity contribution is 9.10. The summed E-state index contributed by atoms with van der Waals surface area (Å²) in [7, 11) is 0. The Hall–Kier alpha value is -2.34. The van der Waals surface area contributed by atoms with E-state index in [9.17, 15) is 14.0 Å². The minimum absolute atomic E-state index is 0.0196. The lowest BCUT2D eigenvalue weighted by Crippen LogP contribution is -2.21. The van der Waals surface area contributed by atoms with E-state index >= 15 is 0 Å². The first kappa shape index (κ1) is 12.4. The molecule has 1 aromatic heterocycles. The van der Waals surface area contributed by atoms with Gasteiger partial charge in [0.2, 0.25) is 5.78 Å². The van der Waals surface area contributed by atoms with Crippen LogP contribution in [0.15, 0.2) is 45.7 Å². The van der Waals surface area contributed by atoms with Crippen molar-refractivity contribution >= 4 is 32.6 Å². The summed E-state index contributed by atoms with van der Waals surface area (Å²) in [5.41, 5.74) is 0.725. The van der Waals surface area contributed by atoms with Crippen LogP contribution in [-0.2, 0) is 0 Å². The molecular weight excluding hydrogens is 339 g/mol. The molecule has 2 heterocycles. The van der Waals surface area contributed by atoms with E-state index in [2.05, 4.69) is 20.9 Å². The van der Waals surface area contributed by atoms with E-state index in [0.717, 1.165) is 10.5 Å². The molecule has 0 unspecified atom stereocenters. The molecular formula is C15H6BrFN2O2. The molecule has 0 aliphatic carbocycles. The van der Waals surface area contributed by atoms with Crippen LogP contribution in [0.1, 0.15) is 16.2 Å². The number of nitrogens with zero attached hydrogens (tertiary/aromatic N) is 2. The Kier molecular flexibility index (Phi) is 2.41. The third-order valence-corrected chi connectivity index (χ3v) is 3.97. The van der Waals surface area contributed by atoms with Crippen molar-refractivity contribution in [1.82, 2.24) is 9.55 Å². The molecule has 0 fully saturated rings. The van der Waals surface area contributed by atoms with Gasteiger partial charge in [-0.15, -0.1) is 0 Å². The van der Waals surface area contributed by atoms with Crippen molar-refractivity contribution in [3.05, 3.63) is 68.4 Å². The number of benzene rings is 2. The number of ketones is 1. The highest BCUT2D eigenvalue weighted by atomic mass is 79.9. The van der Waals surface area contributed by atoms with Gasteiger partial charge in [-0.25, -0.2) is 9.37 Å². The molecule has 0 N–H and O–H groups in total. The Balaban J connectivity index is 2.17. The summed E-state index contributed by atoms with van der Waals surface area (Å²) in [6.45, 7) is 0. The third kappa shape index (κ3) is 1.62. The van der Waals surface area contributed by atoms with Crippen molar-refractivity contribution in [3.8, 4) is 5.69 Å². The zero-order chi connectivity index (χ0) is 14.7. The topological polar surface area (TPSA) is 52.0 Å². The van der Waals surface area contributed by atoms with E-state index in [1.54, 1.807) is 18.2 Å². The SMILES string of the molecule is O=C1c2cc(Br)ccc2-n2c1nc1cc(F)ccc1c2=O. The molecule has 0 bridgehead atoms. The van der Waals surface area contributed by atoms with Crippen molar-refractivity contribution in [2.24, 2.45) is 0 Å². The number of aromatic nitrogens is 2.